The Morgan fingerprint density at radius 3 is 0.914 bits per heavy atom. The minimum atomic E-state index is -0.00166. The summed E-state index contributed by atoms with van der Waals surface area (Å²) in [6, 6.07) is 62.4. The van der Waals surface area contributed by atoms with Gasteiger partial charge in [-0.05, 0) is 124 Å². The minimum Gasteiger partial charge on any atom is -0.341 e. The third-order valence-electron chi connectivity index (χ3n) is 13.3. The second-order valence-corrected chi connectivity index (χ2v) is 16.0. The number of hydrogen-bond acceptors (Lipinski definition) is 0. The lowest BCUT2D eigenvalue weighted by atomic mass is 9.83. The van der Waals surface area contributed by atoms with E-state index in [4.69, 9.17) is 0 Å². The highest BCUT2D eigenvalue weighted by atomic mass is 15.0. The van der Waals surface area contributed by atoms with Gasteiger partial charge < -0.3 is 13.7 Å². The molecule has 12 rings (SSSR count). The van der Waals surface area contributed by atoms with Gasteiger partial charge in [-0.1, -0.05) is 109 Å². The highest BCUT2D eigenvalue weighted by molar-refractivity contribution is 6.23. The molecule has 0 spiro atoms. The van der Waals surface area contributed by atoms with Crippen molar-refractivity contribution in [2.24, 2.45) is 0 Å². The SMILES string of the molecule is CCn1c2ccc(C(c3ccc4c(c3)c3c5ccccc5ccc3n4CC)c3ccc4c(c3)c3c5ccccc5ccc3n4CC)cc2c2c3ccccc3ccc21. The molecule has 0 aliphatic rings. The molecule has 0 saturated heterocycles. The molecule has 9 aromatic carbocycles. The smallest absolute Gasteiger partial charge is 0.0497 e. The molecular weight excluding hydrogens is 703 g/mol. The van der Waals surface area contributed by atoms with E-state index in [2.05, 4.69) is 198 Å². The largest absolute Gasteiger partial charge is 0.341 e. The molecule has 3 aromatic heterocycles. The normalized spacial score (nSPS) is 12.4. The van der Waals surface area contributed by atoms with Gasteiger partial charge in [0.1, 0.15) is 0 Å². The van der Waals surface area contributed by atoms with Crippen LogP contribution >= 0.6 is 0 Å². The van der Waals surface area contributed by atoms with Gasteiger partial charge in [0.05, 0.1) is 0 Å². The van der Waals surface area contributed by atoms with Crippen molar-refractivity contribution in [1.82, 2.24) is 13.7 Å². The molecule has 0 N–H and O–H groups in total. The van der Waals surface area contributed by atoms with Gasteiger partial charge in [-0.3, -0.25) is 0 Å². The first kappa shape index (κ1) is 33.3. The molecule has 3 heterocycles. The lowest BCUT2D eigenvalue weighted by Gasteiger charge is -2.20. The fourth-order valence-corrected chi connectivity index (χ4v) is 10.8. The summed E-state index contributed by atoms with van der Waals surface area (Å²) in [4.78, 5) is 0. The van der Waals surface area contributed by atoms with Gasteiger partial charge in [-0.25, -0.2) is 0 Å². The van der Waals surface area contributed by atoms with E-state index >= 15 is 0 Å². The summed E-state index contributed by atoms with van der Waals surface area (Å²) in [6.07, 6.45) is 0. The zero-order valence-electron chi connectivity index (χ0n) is 33.1. The highest BCUT2D eigenvalue weighted by Gasteiger charge is 2.24. The van der Waals surface area contributed by atoms with Crippen LogP contribution in [0.1, 0.15) is 43.4 Å². The summed E-state index contributed by atoms with van der Waals surface area (Å²) >= 11 is 0. The van der Waals surface area contributed by atoms with Gasteiger partial charge in [-0.2, -0.15) is 0 Å². The first-order valence-electron chi connectivity index (χ1n) is 21.0. The predicted octanol–water partition coefficient (Wildman–Crippen LogP) is 14.7. The second-order valence-electron chi connectivity index (χ2n) is 16.0. The molecule has 0 saturated carbocycles. The van der Waals surface area contributed by atoms with E-state index in [9.17, 15) is 0 Å². The maximum Gasteiger partial charge on any atom is 0.0497 e. The van der Waals surface area contributed by atoms with Crippen molar-refractivity contribution in [2.75, 3.05) is 0 Å². The number of aryl methyl sites for hydroxylation is 3. The first-order chi connectivity index (χ1) is 28.6. The molecule has 278 valence electrons. The van der Waals surface area contributed by atoms with Crippen LogP contribution in [0.15, 0.2) is 164 Å². The molecule has 58 heavy (non-hydrogen) atoms. The molecule has 0 fully saturated rings. The van der Waals surface area contributed by atoms with E-state index in [0.717, 1.165) is 19.6 Å². The summed E-state index contributed by atoms with van der Waals surface area (Å²) in [5.74, 6) is -0.00166. The number of aromatic nitrogens is 3. The summed E-state index contributed by atoms with van der Waals surface area (Å²) in [5, 5.41) is 15.8. The molecule has 3 nitrogen and oxygen atoms in total. The molecule has 0 atom stereocenters. The van der Waals surface area contributed by atoms with Crippen molar-refractivity contribution in [3.63, 3.8) is 0 Å². The van der Waals surface area contributed by atoms with Crippen LogP contribution in [0.2, 0.25) is 0 Å². The fourth-order valence-electron chi connectivity index (χ4n) is 10.8. The van der Waals surface area contributed by atoms with E-state index in [-0.39, 0.29) is 5.92 Å². The first-order valence-corrected chi connectivity index (χ1v) is 21.0. The second kappa shape index (κ2) is 12.6. The summed E-state index contributed by atoms with van der Waals surface area (Å²) in [7, 11) is 0. The van der Waals surface area contributed by atoms with Gasteiger partial charge in [0.15, 0.2) is 0 Å². The molecular formula is C55H43N3. The van der Waals surface area contributed by atoms with Gasteiger partial charge >= 0.3 is 0 Å². The standard InChI is InChI=1S/C55H43N3/c1-4-56-46-25-22-37(31-43(46)53-40-16-10-7-13-34(40)19-28-49(53)56)52(38-23-26-47-44(32-38)54-41-17-11-8-14-35(41)20-29-50(54)57(47)5-2)39-24-27-48-45(33-39)55-42-18-12-9-15-36(42)21-30-51(55)58(48)6-3/h7-33,52H,4-6H2,1-3H3. The van der Waals surface area contributed by atoms with Crippen LogP contribution in [0.5, 0.6) is 0 Å². The number of fused-ring (bicyclic) bond motifs is 15. The van der Waals surface area contributed by atoms with Crippen molar-refractivity contribution in [2.45, 2.75) is 46.3 Å². The number of hydrogen-bond donors (Lipinski definition) is 0. The summed E-state index contributed by atoms with van der Waals surface area (Å²) in [5.41, 5.74) is 11.7. The lowest BCUT2D eigenvalue weighted by molar-refractivity contribution is 0.826. The Kier molecular flexibility index (Phi) is 7.23. The van der Waals surface area contributed by atoms with Crippen LogP contribution in [-0.4, -0.2) is 13.7 Å². The van der Waals surface area contributed by atoms with Crippen LogP contribution < -0.4 is 0 Å². The van der Waals surface area contributed by atoms with Crippen LogP contribution in [0, 0.1) is 0 Å². The van der Waals surface area contributed by atoms with Crippen molar-refractivity contribution in [3.8, 4) is 0 Å². The molecule has 0 radical (unpaired) electrons. The number of benzene rings is 9. The van der Waals surface area contributed by atoms with Gasteiger partial charge in [0.2, 0.25) is 0 Å². The van der Waals surface area contributed by atoms with Crippen LogP contribution in [0.25, 0.3) is 97.7 Å². The quantitative estimate of drug-likeness (QED) is 0.151. The van der Waals surface area contributed by atoms with E-state index in [0.29, 0.717) is 0 Å². The minimum absolute atomic E-state index is 0.00166. The average molecular weight is 746 g/mol. The third-order valence-corrected chi connectivity index (χ3v) is 13.3. The predicted molar refractivity (Wildman–Crippen MR) is 249 cm³/mol. The summed E-state index contributed by atoms with van der Waals surface area (Å²) in [6.45, 7) is 9.55. The zero-order valence-corrected chi connectivity index (χ0v) is 33.1. The van der Waals surface area contributed by atoms with Crippen molar-refractivity contribution in [1.29, 1.82) is 0 Å². The van der Waals surface area contributed by atoms with Gasteiger partial charge in [0.25, 0.3) is 0 Å². The van der Waals surface area contributed by atoms with Gasteiger partial charge in [0, 0.05) is 91.0 Å². The van der Waals surface area contributed by atoms with Gasteiger partial charge in [-0.15, -0.1) is 0 Å². The Balaban J connectivity index is 1.19. The maximum atomic E-state index is 2.52. The average Bonchev–Trinajstić information content (AvgIpc) is 3.91. The number of rotatable bonds is 6. The molecule has 3 heteroatoms. The maximum absolute atomic E-state index is 2.52. The Labute approximate surface area is 336 Å². The fraction of sp³-hybridized carbons (Fsp3) is 0.127. The van der Waals surface area contributed by atoms with E-state index in [1.165, 1.54) is 114 Å². The van der Waals surface area contributed by atoms with E-state index in [1.807, 2.05) is 0 Å². The topological polar surface area (TPSA) is 14.8 Å². The van der Waals surface area contributed by atoms with E-state index in [1.54, 1.807) is 0 Å². The Hall–Kier alpha value is -6.84. The van der Waals surface area contributed by atoms with Crippen molar-refractivity contribution >= 4 is 97.7 Å². The van der Waals surface area contributed by atoms with Crippen molar-refractivity contribution < 1.29 is 0 Å². The Morgan fingerprint density at radius 2 is 0.603 bits per heavy atom. The Morgan fingerprint density at radius 1 is 0.310 bits per heavy atom. The molecule has 0 amide bonds. The molecule has 0 unspecified atom stereocenters. The molecule has 0 aliphatic heterocycles. The Bertz CT molecular complexity index is 3260. The monoisotopic (exact) mass is 745 g/mol. The summed E-state index contributed by atoms with van der Waals surface area (Å²) < 4.78 is 7.47. The molecule has 0 bridgehead atoms. The van der Waals surface area contributed by atoms with Crippen molar-refractivity contribution in [3.05, 3.63) is 180 Å². The van der Waals surface area contributed by atoms with Crippen LogP contribution in [0.4, 0.5) is 0 Å². The number of nitrogens with zero attached hydrogens (tertiary/aromatic N) is 3. The van der Waals surface area contributed by atoms with Crippen LogP contribution in [-0.2, 0) is 19.6 Å². The molecule has 12 aromatic rings. The van der Waals surface area contributed by atoms with Crippen LogP contribution in [0.3, 0.4) is 0 Å². The van der Waals surface area contributed by atoms with E-state index < -0.39 is 0 Å². The lowest BCUT2D eigenvalue weighted by Crippen LogP contribution is -2.04. The zero-order chi connectivity index (χ0) is 38.6. The molecule has 0 aliphatic carbocycles. The highest BCUT2D eigenvalue weighted by Crippen LogP contribution is 2.44. The third kappa shape index (κ3) is 4.56.